The zero-order valence-electron chi connectivity index (χ0n) is 10.6. The number of ketones is 1. The molecule has 0 amide bonds. The third kappa shape index (κ3) is 2.30. The number of nitrogens with zero attached hydrogens (tertiary/aromatic N) is 1. The molecule has 0 aliphatic heterocycles. The molecule has 0 spiro atoms. The SMILES string of the molecule is O=C(c1ccc(CF)cc1)c1nc2c([nH]1)CCCC2. The first-order chi connectivity index (χ1) is 9.28. The van der Waals surface area contributed by atoms with E-state index in [0.29, 0.717) is 17.0 Å². The smallest absolute Gasteiger partial charge is 0.228 e. The minimum Gasteiger partial charge on any atom is -0.339 e. The quantitative estimate of drug-likeness (QED) is 0.860. The first-order valence-electron chi connectivity index (χ1n) is 6.55. The molecule has 0 saturated heterocycles. The maximum absolute atomic E-state index is 12.4. The zero-order chi connectivity index (χ0) is 13.2. The normalized spacial score (nSPS) is 14.2. The third-order valence-corrected chi connectivity index (χ3v) is 3.54. The van der Waals surface area contributed by atoms with Gasteiger partial charge in [-0.25, -0.2) is 9.37 Å². The van der Waals surface area contributed by atoms with Crippen molar-refractivity contribution in [2.24, 2.45) is 0 Å². The summed E-state index contributed by atoms with van der Waals surface area (Å²) < 4.78 is 12.4. The Labute approximate surface area is 110 Å². The van der Waals surface area contributed by atoms with Crippen LogP contribution in [0.3, 0.4) is 0 Å². The van der Waals surface area contributed by atoms with Gasteiger partial charge >= 0.3 is 0 Å². The summed E-state index contributed by atoms with van der Waals surface area (Å²) in [4.78, 5) is 19.8. The lowest BCUT2D eigenvalue weighted by molar-refractivity contribution is 0.103. The lowest BCUT2D eigenvalue weighted by Gasteiger charge is -2.07. The van der Waals surface area contributed by atoms with E-state index in [1.807, 2.05) is 0 Å². The van der Waals surface area contributed by atoms with Gasteiger partial charge in [-0.1, -0.05) is 24.3 Å². The second-order valence-electron chi connectivity index (χ2n) is 4.88. The van der Waals surface area contributed by atoms with E-state index in [-0.39, 0.29) is 5.78 Å². The number of benzene rings is 1. The van der Waals surface area contributed by atoms with Crippen molar-refractivity contribution in [2.75, 3.05) is 0 Å². The predicted molar refractivity (Wildman–Crippen MR) is 69.9 cm³/mol. The average Bonchev–Trinajstić information content (AvgIpc) is 2.90. The summed E-state index contributed by atoms with van der Waals surface area (Å²) in [7, 11) is 0. The Balaban J connectivity index is 1.88. The fourth-order valence-electron chi connectivity index (χ4n) is 2.44. The molecular weight excluding hydrogens is 243 g/mol. The summed E-state index contributed by atoms with van der Waals surface area (Å²) in [5, 5.41) is 0. The van der Waals surface area contributed by atoms with Gasteiger partial charge in [0.05, 0.1) is 5.69 Å². The van der Waals surface area contributed by atoms with Gasteiger partial charge < -0.3 is 4.98 Å². The summed E-state index contributed by atoms with van der Waals surface area (Å²) in [6.45, 7) is -0.510. The molecule has 1 aromatic heterocycles. The van der Waals surface area contributed by atoms with Gasteiger partial charge in [0, 0.05) is 11.3 Å². The molecule has 1 aliphatic rings. The molecular formula is C15H15FN2O. The molecule has 3 rings (SSSR count). The Morgan fingerprint density at radius 3 is 2.63 bits per heavy atom. The number of halogens is 1. The fourth-order valence-corrected chi connectivity index (χ4v) is 2.44. The van der Waals surface area contributed by atoms with Crippen LogP contribution in [0.1, 0.15) is 46.0 Å². The van der Waals surface area contributed by atoms with Crippen LogP contribution in [0.15, 0.2) is 24.3 Å². The average molecular weight is 258 g/mol. The number of alkyl halides is 1. The second kappa shape index (κ2) is 4.96. The van der Waals surface area contributed by atoms with Gasteiger partial charge in [0.15, 0.2) is 5.82 Å². The number of hydrogen-bond donors (Lipinski definition) is 1. The summed E-state index contributed by atoms with van der Waals surface area (Å²) in [5.41, 5.74) is 3.24. The summed E-state index contributed by atoms with van der Waals surface area (Å²) in [5.74, 6) is 0.278. The third-order valence-electron chi connectivity index (χ3n) is 3.54. The van der Waals surface area contributed by atoms with Crippen LogP contribution >= 0.6 is 0 Å². The number of aromatic nitrogens is 2. The van der Waals surface area contributed by atoms with E-state index in [2.05, 4.69) is 9.97 Å². The summed E-state index contributed by atoms with van der Waals surface area (Å²) >= 11 is 0. The van der Waals surface area contributed by atoms with Gasteiger partial charge in [-0.05, 0) is 31.2 Å². The van der Waals surface area contributed by atoms with Gasteiger partial charge in [0.2, 0.25) is 5.78 Å². The van der Waals surface area contributed by atoms with Gasteiger partial charge in [-0.2, -0.15) is 0 Å². The number of rotatable bonds is 3. The van der Waals surface area contributed by atoms with Gasteiger partial charge in [-0.3, -0.25) is 4.79 Å². The highest BCUT2D eigenvalue weighted by molar-refractivity contribution is 6.06. The van der Waals surface area contributed by atoms with Crippen LogP contribution in [0.5, 0.6) is 0 Å². The molecule has 1 N–H and O–H groups in total. The molecule has 0 unspecified atom stereocenters. The first kappa shape index (κ1) is 12.1. The minimum absolute atomic E-state index is 0.125. The Bertz CT molecular complexity index is 578. The predicted octanol–water partition coefficient (Wildman–Crippen LogP) is 2.99. The Morgan fingerprint density at radius 2 is 1.95 bits per heavy atom. The lowest BCUT2D eigenvalue weighted by atomic mass is 10.0. The molecule has 0 atom stereocenters. The Kier molecular flexibility index (Phi) is 3.15. The summed E-state index contributed by atoms with van der Waals surface area (Å²) in [6.07, 6.45) is 4.20. The first-order valence-corrected chi connectivity index (χ1v) is 6.55. The molecule has 3 nitrogen and oxygen atoms in total. The van der Waals surface area contributed by atoms with E-state index in [1.165, 1.54) is 0 Å². The molecule has 98 valence electrons. The van der Waals surface area contributed by atoms with E-state index >= 15 is 0 Å². The van der Waals surface area contributed by atoms with Crippen LogP contribution in [-0.2, 0) is 19.5 Å². The van der Waals surface area contributed by atoms with Crippen LogP contribution in [-0.4, -0.2) is 15.8 Å². The Morgan fingerprint density at radius 1 is 1.21 bits per heavy atom. The number of nitrogens with one attached hydrogen (secondary N) is 1. The van der Waals surface area contributed by atoms with Gasteiger partial charge in [-0.15, -0.1) is 0 Å². The molecule has 0 bridgehead atoms. The zero-order valence-corrected chi connectivity index (χ0v) is 10.6. The Hall–Kier alpha value is -1.97. The van der Waals surface area contributed by atoms with Crippen LogP contribution in [0.4, 0.5) is 4.39 Å². The highest BCUT2D eigenvalue weighted by Gasteiger charge is 2.19. The minimum atomic E-state index is -0.510. The van der Waals surface area contributed by atoms with Crippen molar-refractivity contribution in [3.63, 3.8) is 0 Å². The van der Waals surface area contributed by atoms with Crippen molar-refractivity contribution >= 4 is 5.78 Å². The number of carbonyl (C=O) groups excluding carboxylic acids is 1. The second-order valence-corrected chi connectivity index (χ2v) is 4.88. The number of hydrogen-bond acceptors (Lipinski definition) is 2. The van der Waals surface area contributed by atoms with Crippen molar-refractivity contribution in [3.05, 3.63) is 52.6 Å². The monoisotopic (exact) mass is 258 g/mol. The van der Waals surface area contributed by atoms with E-state index in [4.69, 9.17) is 0 Å². The number of fused-ring (bicyclic) bond motifs is 1. The number of aromatic amines is 1. The van der Waals surface area contributed by atoms with Crippen molar-refractivity contribution in [1.82, 2.24) is 9.97 Å². The van der Waals surface area contributed by atoms with Crippen LogP contribution in [0.2, 0.25) is 0 Å². The van der Waals surface area contributed by atoms with Crippen LogP contribution < -0.4 is 0 Å². The van der Waals surface area contributed by atoms with E-state index < -0.39 is 6.67 Å². The largest absolute Gasteiger partial charge is 0.339 e. The van der Waals surface area contributed by atoms with Crippen molar-refractivity contribution < 1.29 is 9.18 Å². The molecule has 0 radical (unpaired) electrons. The molecule has 1 aromatic carbocycles. The molecule has 0 saturated carbocycles. The van der Waals surface area contributed by atoms with E-state index in [9.17, 15) is 9.18 Å². The van der Waals surface area contributed by atoms with Crippen LogP contribution in [0, 0.1) is 0 Å². The van der Waals surface area contributed by atoms with Crippen molar-refractivity contribution in [2.45, 2.75) is 32.4 Å². The molecule has 1 heterocycles. The molecule has 1 aliphatic carbocycles. The highest BCUT2D eigenvalue weighted by Crippen LogP contribution is 2.20. The number of imidazole rings is 1. The van der Waals surface area contributed by atoms with Gasteiger partial charge in [0.1, 0.15) is 6.67 Å². The molecule has 2 aromatic rings. The number of H-pyrrole nitrogens is 1. The summed E-state index contributed by atoms with van der Waals surface area (Å²) in [6, 6.07) is 6.57. The van der Waals surface area contributed by atoms with Crippen LogP contribution in [0.25, 0.3) is 0 Å². The van der Waals surface area contributed by atoms with Crippen molar-refractivity contribution in [1.29, 1.82) is 0 Å². The maximum Gasteiger partial charge on any atom is 0.228 e. The lowest BCUT2D eigenvalue weighted by Crippen LogP contribution is -2.04. The fraction of sp³-hybridized carbons (Fsp3) is 0.333. The van der Waals surface area contributed by atoms with Crippen molar-refractivity contribution in [3.8, 4) is 0 Å². The molecule has 0 fully saturated rings. The molecule has 4 heteroatoms. The topological polar surface area (TPSA) is 45.8 Å². The van der Waals surface area contributed by atoms with E-state index in [1.54, 1.807) is 24.3 Å². The molecule has 19 heavy (non-hydrogen) atoms. The highest BCUT2D eigenvalue weighted by atomic mass is 19.1. The standard InChI is InChI=1S/C15H15FN2O/c16-9-10-5-7-11(8-6-10)14(19)15-17-12-3-1-2-4-13(12)18-15/h5-8H,1-4,9H2,(H,17,18). The van der Waals surface area contributed by atoms with Gasteiger partial charge in [0.25, 0.3) is 0 Å². The maximum atomic E-state index is 12.4. The van der Waals surface area contributed by atoms with E-state index in [0.717, 1.165) is 37.1 Å². The number of carbonyl (C=O) groups is 1. The number of aryl methyl sites for hydroxylation is 2.